The summed E-state index contributed by atoms with van der Waals surface area (Å²) in [6.07, 6.45) is 1.99. The van der Waals surface area contributed by atoms with Crippen LogP contribution in [0.5, 0.6) is 0 Å². The van der Waals surface area contributed by atoms with Crippen LogP contribution in [0.4, 0.5) is 25.8 Å². The average molecular weight is 398 g/mol. The number of hydrogen-bond acceptors (Lipinski definition) is 7. The standard InChI is InChI=1S/C19H16F2N6O2/c1-25-15-7-12(20)16(17(21)11(15)8-22)19(28)26-9-2-3-13(23)10(6-9)18(24)14-4-5-29-27-14/h2-8,22,24-25H,23H2,1H3,(H,26,28). The number of carbonyl (C=O) groups is 1. The van der Waals surface area contributed by atoms with Gasteiger partial charge in [0, 0.05) is 42.0 Å². The molecule has 0 spiro atoms. The molecule has 0 aliphatic heterocycles. The van der Waals surface area contributed by atoms with Gasteiger partial charge >= 0.3 is 0 Å². The highest BCUT2D eigenvalue weighted by Crippen LogP contribution is 2.26. The maximum absolute atomic E-state index is 14.6. The molecule has 2 aromatic carbocycles. The highest BCUT2D eigenvalue weighted by Gasteiger charge is 2.23. The van der Waals surface area contributed by atoms with Gasteiger partial charge in [0.1, 0.15) is 29.2 Å². The van der Waals surface area contributed by atoms with Crippen molar-refractivity contribution in [3.8, 4) is 0 Å². The Morgan fingerprint density at radius 2 is 2.03 bits per heavy atom. The van der Waals surface area contributed by atoms with E-state index < -0.39 is 23.1 Å². The van der Waals surface area contributed by atoms with E-state index in [9.17, 15) is 13.6 Å². The Morgan fingerprint density at radius 3 is 2.66 bits per heavy atom. The van der Waals surface area contributed by atoms with E-state index in [1.165, 1.54) is 37.6 Å². The van der Waals surface area contributed by atoms with E-state index in [-0.39, 0.29) is 39.6 Å². The lowest BCUT2D eigenvalue weighted by molar-refractivity contribution is 0.101. The van der Waals surface area contributed by atoms with E-state index >= 15 is 0 Å². The molecule has 3 aromatic rings. The minimum absolute atomic E-state index is 0.0439. The fourth-order valence-corrected chi connectivity index (χ4v) is 2.71. The smallest absolute Gasteiger partial charge is 0.261 e. The van der Waals surface area contributed by atoms with Crippen LogP contribution in [-0.4, -0.2) is 30.0 Å². The van der Waals surface area contributed by atoms with Crippen molar-refractivity contribution < 1.29 is 18.1 Å². The number of nitrogens with zero attached hydrogens (tertiary/aromatic N) is 1. The molecule has 10 heteroatoms. The Hall–Kier alpha value is -4.08. The molecular weight excluding hydrogens is 382 g/mol. The van der Waals surface area contributed by atoms with Gasteiger partial charge in [-0.25, -0.2) is 8.78 Å². The highest BCUT2D eigenvalue weighted by molar-refractivity contribution is 6.14. The number of aromatic nitrogens is 1. The molecule has 8 nitrogen and oxygen atoms in total. The molecule has 0 fully saturated rings. The monoisotopic (exact) mass is 398 g/mol. The maximum atomic E-state index is 14.6. The molecule has 0 atom stereocenters. The van der Waals surface area contributed by atoms with E-state index in [0.29, 0.717) is 6.21 Å². The zero-order valence-corrected chi connectivity index (χ0v) is 15.1. The predicted molar refractivity (Wildman–Crippen MR) is 105 cm³/mol. The molecule has 1 amide bonds. The number of hydrogen-bond donors (Lipinski definition) is 5. The van der Waals surface area contributed by atoms with Gasteiger partial charge in [-0.1, -0.05) is 5.16 Å². The summed E-state index contributed by atoms with van der Waals surface area (Å²) in [5, 5.41) is 24.1. The van der Waals surface area contributed by atoms with E-state index in [1.807, 2.05) is 0 Å². The second-order valence-electron chi connectivity index (χ2n) is 5.92. The molecule has 0 radical (unpaired) electrons. The largest absolute Gasteiger partial charge is 0.398 e. The summed E-state index contributed by atoms with van der Waals surface area (Å²) in [5.74, 6) is -3.29. The van der Waals surface area contributed by atoms with Crippen LogP contribution in [0.25, 0.3) is 0 Å². The van der Waals surface area contributed by atoms with Crippen molar-refractivity contribution in [3.63, 3.8) is 0 Å². The second-order valence-corrected chi connectivity index (χ2v) is 5.92. The van der Waals surface area contributed by atoms with Gasteiger partial charge in [-0.3, -0.25) is 10.2 Å². The Balaban J connectivity index is 1.95. The van der Waals surface area contributed by atoms with Crippen LogP contribution in [0, 0.1) is 22.5 Å². The number of nitrogens with two attached hydrogens (primary N) is 1. The first-order valence-corrected chi connectivity index (χ1v) is 8.28. The van der Waals surface area contributed by atoms with Gasteiger partial charge in [0.05, 0.1) is 11.3 Å². The molecule has 0 aliphatic rings. The SMILES string of the molecule is CNc1cc(F)c(C(=O)Nc2ccc(N)c(C(=N)c3ccon3)c2)c(F)c1C=N. The molecule has 29 heavy (non-hydrogen) atoms. The number of halogens is 2. The summed E-state index contributed by atoms with van der Waals surface area (Å²) in [5.41, 5.74) is 5.72. The van der Waals surface area contributed by atoms with Crippen LogP contribution in [0.15, 0.2) is 41.1 Å². The van der Waals surface area contributed by atoms with Crippen molar-refractivity contribution in [2.75, 3.05) is 23.4 Å². The predicted octanol–water partition coefficient (Wildman–Crippen LogP) is 3.24. The summed E-state index contributed by atoms with van der Waals surface area (Å²) in [6.45, 7) is 0. The number of anilines is 3. The summed E-state index contributed by atoms with van der Waals surface area (Å²) in [4.78, 5) is 12.5. The van der Waals surface area contributed by atoms with Crippen LogP contribution in [0.1, 0.15) is 27.2 Å². The number of nitrogens with one attached hydrogen (secondary N) is 4. The molecule has 1 aromatic heterocycles. The van der Waals surface area contributed by atoms with Crippen LogP contribution in [0.3, 0.4) is 0 Å². The van der Waals surface area contributed by atoms with Crippen LogP contribution < -0.4 is 16.4 Å². The number of benzene rings is 2. The Morgan fingerprint density at radius 1 is 1.28 bits per heavy atom. The molecular formula is C19H16F2N6O2. The van der Waals surface area contributed by atoms with Crippen molar-refractivity contribution in [2.45, 2.75) is 0 Å². The first kappa shape index (κ1) is 19.7. The lowest BCUT2D eigenvalue weighted by Crippen LogP contribution is -2.18. The van der Waals surface area contributed by atoms with Crippen molar-refractivity contribution in [3.05, 3.63) is 70.6 Å². The van der Waals surface area contributed by atoms with Crippen molar-refractivity contribution in [2.24, 2.45) is 0 Å². The Kier molecular flexibility index (Phi) is 5.35. The van der Waals surface area contributed by atoms with Gasteiger partial charge in [-0.05, 0) is 24.3 Å². The van der Waals surface area contributed by atoms with Crippen LogP contribution in [0.2, 0.25) is 0 Å². The quantitative estimate of drug-likeness (QED) is 0.320. The van der Waals surface area contributed by atoms with Crippen LogP contribution >= 0.6 is 0 Å². The van der Waals surface area contributed by atoms with E-state index in [4.69, 9.17) is 21.1 Å². The minimum atomic E-state index is -1.16. The van der Waals surface area contributed by atoms with Gasteiger partial charge in [0.15, 0.2) is 0 Å². The molecule has 0 saturated carbocycles. The third-order valence-corrected chi connectivity index (χ3v) is 4.17. The molecule has 148 valence electrons. The summed E-state index contributed by atoms with van der Waals surface area (Å²) < 4.78 is 33.7. The van der Waals surface area contributed by atoms with Gasteiger partial charge in [-0.2, -0.15) is 0 Å². The number of carbonyl (C=O) groups excluding carboxylic acids is 1. The topological polar surface area (TPSA) is 141 Å². The minimum Gasteiger partial charge on any atom is -0.398 e. The van der Waals surface area contributed by atoms with Gasteiger partial charge in [0.2, 0.25) is 0 Å². The number of nitrogen functional groups attached to an aromatic ring is 1. The fourth-order valence-electron chi connectivity index (χ4n) is 2.71. The molecule has 0 aliphatic carbocycles. The van der Waals surface area contributed by atoms with E-state index in [0.717, 1.165) is 6.07 Å². The zero-order chi connectivity index (χ0) is 21.1. The molecule has 0 bridgehead atoms. The summed E-state index contributed by atoms with van der Waals surface area (Å²) in [7, 11) is 1.45. The van der Waals surface area contributed by atoms with Crippen molar-refractivity contribution >= 4 is 34.9 Å². The van der Waals surface area contributed by atoms with E-state index in [2.05, 4.69) is 15.8 Å². The van der Waals surface area contributed by atoms with Crippen LogP contribution in [-0.2, 0) is 0 Å². The lowest BCUT2D eigenvalue weighted by atomic mass is 10.0. The first-order valence-electron chi connectivity index (χ1n) is 8.28. The zero-order valence-electron chi connectivity index (χ0n) is 15.1. The van der Waals surface area contributed by atoms with E-state index in [1.54, 1.807) is 0 Å². The number of rotatable bonds is 6. The van der Waals surface area contributed by atoms with Gasteiger partial charge in [-0.15, -0.1) is 0 Å². The molecule has 3 rings (SSSR count). The normalized spacial score (nSPS) is 10.4. The van der Waals surface area contributed by atoms with Gasteiger partial charge in [0.25, 0.3) is 5.91 Å². The average Bonchev–Trinajstić information content (AvgIpc) is 3.23. The third kappa shape index (κ3) is 3.68. The molecule has 6 N–H and O–H groups in total. The molecule has 0 unspecified atom stereocenters. The second kappa shape index (κ2) is 7.89. The molecule has 0 saturated heterocycles. The Labute approximate surface area is 163 Å². The maximum Gasteiger partial charge on any atom is 0.261 e. The highest BCUT2D eigenvalue weighted by atomic mass is 19.1. The summed E-state index contributed by atoms with van der Waals surface area (Å²) in [6, 6.07) is 6.67. The molecule has 1 heterocycles. The van der Waals surface area contributed by atoms with Gasteiger partial charge < -0.3 is 26.3 Å². The number of amides is 1. The summed E-state index contributed by atoms with van der Waals surface area (Å²) >= 11 is 0. The van der Waals surface area contributed by atoms with Crippen molar-refractivity contribution in [1.82, 2.24) is 5.16 Å². The fraction of sp³-hybridized carbons (Fsp3) is 0.0526. The first-order chi connectivity index (χ1) is 13.9. The Bertz CT molecular complexity index is 1110. The van der Waals surface area contributed by atoms with Crippen molar-refractivity contribution in [1.29, 1.82) is 10.8 Å². The lowest BCUT2D eigenvalue weighted by Gasteiger charge is -2.13. The third-order valence-electron chi connectivity index (χ3n) is 4.17.